The zero-order valence-corrected chi connectivity index (χ0v) is 20.0. The molecule has 1 aromatic rings. The van der Waals surface area contributed by atoms with Crippen LogP contribution < -0.4 is 15.4 Å². The highest BCUT2D eigenvalue weighted by atomic mass is 127. The van der Waals surface area contributed by atoms with Gasteiger partial charge >= 0.3 is 0 Å². The maximum Gasteiger partial charge on any atom is 0.222 e. The molecule has 2 N–H and O–H groups in total. The highest BCUT2D eigenvalue weighted by molar-refractivity contribution is 14.0. The quantitative estimate of drug-likeness (QED) is 0.333. The Morgan fingerprint density at radius 1 is 1.21 bits per heavy atom. The number of hydrogen-bond acceptors (Lipinski definition) is 3. The minimum Gasteiger partial charge on any atom is -0.490 e. The lowest BCUT2D eigenvalue weighted by atomic mass is 10.1. The summed E-state index contributed by atoms with van der Waals surface area (Å²) in [7, 11) is 1.79. The van der Waals surface area contributed by atoms with E-state index in [4.69, 9.17) is 4.74 Å². The first-order valence-electron chi connectivity index (χ1n) is 10.7. The summed E-state index contributed by atoms with van der Waals surface area (Å²) >= 11 is 0. The molecule has 162 valence electrons. The van der Waals surface area contributed by atoms with Crippen LogP contribution in [0.1, 0.15) is 51.0 Å². The number of amides is 1. The normalized spacial score (nSPS) is 19.7. The van der Waals surface area contributed by atoms with Crippen LogP contribution in [0.3, 0.4) is 0 Å². The van der Waals surface area contributed by atoms with Gasteiger partial charge in [0.25, 0.3) is 0 Å². The Morgan fingerprint density at radius 2 is 1.93 bits per heavy atom. The van der Waals surface area contributed by atoms with Gasteiger partial charge in [0.1, 0.15) is 5.75 Å². The summed E-state index contributed by atoms with van der Waals surface area (Å²) in [4.78, 5) is 18.1. The molecule has 3 rings (SSSR count). The third kappa shape index (κ3) is 7.35. The van der Waals surface area contributed by atoms with Crippen LogP contribution in [0.25, 0.3) is 0 Å². The van der Waals surface area contributed by atoms with E-state index in [-0.39, 0.29) is 35.9 Å². The van der Waals surface area contributed by atoms with Crippen LogP contribution in [0.2, 0.25) is 0 Å². The maximum atomic E-state index is 11.8. The zero-order chi connectivity index (χ0) is 19.8. The maximum absolute atomic E-state index is 11.8. The van der Waals surface area contributed by atoms with Crippen molar-refractivity contribution in [2.24, 2.45) is 4.99 Å². The molecule has 2 aliphatic rings. The van der Waals surface area contributed by atoms with Crippen LogP contribution in [0.4, 0.5) is 0 Å². The largest absolute Gasteiger partial charge is 0.490 e. The number of nitrogens with zero attached hydrogens (tertiary/aromatic N) is 2. The van der Waals surface area contributed by atoms with Crippen LogP contribution in [0.15, 0.2) is 29.3 Å². The van der Waals surface area contributed by atoms with E-state index in [2.05, 4.69) is 39.9 Å². The van der Waals surface area contributed by atoms with Crippen LogP contribution in [-0.2, 0) is 11.2 Å². The molecular weight excluding hydrogens is 479 g/mol. The molecule has 1 aromatic carbocycles. The van der Waals surface area contributed by atoms with Gasteiger partial charge in [-0.1, -0.05) is 19.1 Å². The smallest absolute Gasteiger partial charge is 0.222 e. The van der Waals surface area contributed by atoms with E-state index >= 15 is 0 Å². The van der Waals surface area contributed by atoms with Crippen molar-refractivity contribution in [2.45, 2.75) is 64.0 Å². The van der Waals surface area contributed by atoms with Crippen molar-refractivity contribution in [1.82, 2.24) is 15.5 Å². The summed E-state index contributed by atoms with van der Waals surface area (Å²) in [6, 6.07) is 8.73. The first-order valence-corrected chi connectivity index (χ1v) is 10.7. The highest BCUT2D eigenvalue weighted by Gasteiger charge is 2.25. The molecule has 7 heteroatoms. The van der Waals surface area contributed by atoms with Crippen LogP contribution >= 0.6 is 24.0 Å². The Kier molecular flexibility index (Phi) is 10.0. The number of likely N-dealkylation sites (tertiary alicyclic amines) is 1. The molecule has 2 fully saturated rings. The second-order valence-electron chi connectivity index (χ2n) is 7.74. The van der Waals surface area contributed by atoms with Crippen molar-refractivity contribution in [3.63, 3.8) is 0 Å². The number of nitrogens with one attached hydrogen (secondary N) is 2. The monoisotopic (exact) mass is 514 g/mol. The number of ether oxygens (including phenoxy) is 1. The second kappa shape index (κ2) is 12.2. The number of guanidine groups is 1. The van der Waals surface area contributed by atoms with Gasteiger partial charge in [-0.3, -0.25) is 9.79 Å². The van der Waals surface area contributed by atoms with Crippen molar-refractivity contribution in [2.75, 3.05) is 26.7 Å². The van der Waals surface area contributed by atoms with Crippen molar-refractivity contribution in [3.05, 3.63) is 29.8 Å². The van der Waals surface area contributed by atoms with E-state index < -0.39 is 0 Å². The Bertz CT molecular complexity index is 659. The highest BCUT2D eigenvalue weighted by Crippen LogP contribution is 2.24. The van der Waals surface area contributed by atoms with E-state index in [1.165, 1.54) is 31.2 Å². The summed E-state index contributed by atoms with van der Waals surface area (Å²) in [5.74, 6) is 2.01. The standard InChI is InChI=1S/C22H34N4O2.HI/c1-3-21(27)26-15-13-18(16-26)25-22(23-2)24-14-12-17-8-10-20(11-9-17)28-19-6-4-5-7-19;/h8-11,18-19H,3-7,12-16H2,1-2H3,(H2,23,24,25);1H. The molecule has 0 bridgehead atoms. The van der Waals surface area contributed by atoms with Gasteiger partial charge in [-0.2, -0.15) is 0 Å². The van der Waals surface area contributed by atoms with Gasteiger partial charge in [-0.25, -0.2) is 0 Å². The third-order valence-corrected chi connectivity index (χ3v) is 5.64. The molecular formula is C22H35IN4O2. The number of rotatable bonds is 7. The molecule has 6 nitrogen and oxygen atoms in total. The number of carbonyl (C=O) groups is 1. The molecule has 1 aliphatic carbocycles. The van der Waals surface area contributed by atoms with Gasteiger partial charge in [-0.15, -0.1) is 24.0 Å². The van der Waals surface area contributed by atoms with Crippen molar-refractivity contribution in [1.29, 1.82) is 0 Å². The van der Waals surface area contributed by atoms with Crippen molar-refractivity contribution >= 4 is 35.8 Å². The molecule has 1 amide bonds. The predicted octanol–water partition coefficient (Wildman–Crippen LogP) is 3.34. The van der Waals surface area contributed by atoms with Crippen LogP contribution in [0, 0.1) is 0 Å². The molecule has 0 aromatic heterocycles. The average molecular weight is 514 g/mol. The minimum atomic E-state index is 0. The molecule has 1 unspecified atom stereocenters. The van der Waals surface area contributed by atoms with Crippen molar-refractivity contribution < 1.29 is 9.53 Å². The first-order chi connectivity index (χ1) is 13.7. The van der Waals surface area contributed by atoms with Gasteiger partial charge < -0.3 is 20.3 Å². The van der Waals surface area contributed by atoms with Crippen LogP contribution in [-0.4, -0.2) is 55.6 Å². The minimum absolute atomic E-state index is 0. The Morgan fingerprint density at radius 3 is 2.59 bits per heavy atom. The molecule has 29 heavy (non-hydrogen) atoms. The number of carbonyl (C=O) groups excluding carboxylic acids is 1. The fourth-order valence-corrected chi connectivity index (χ4v) is 3.97. The lowest BCUT2D eigenvalue weighted by Gasteiger charge is -2.18. The van der Waals surface area contributed by atoms with E-state index in [1.54, 1.807) is 7.05 Å². The summed E-state index contributed by atoms with van der Waals surface area (Å²) < 4.78 is 6.03. The van der Waals surface area contributed by atoms with Gasteiger partial charge in [0.05, 0.1) is 6.10 Å². The first kappa shape index (κ1) is 23.8. The van der Waals surface area contributed by atoms with Crippen LogP contribution in [0.5, 0.6) is 5.75 Å². The van der Waals surface area contributed by atoms with Gasteiger partial charge in [0.2, 0.25) is 5.91 Å². The number of benzene rings is 1. The van der Waals surface area contributed by atoms with E-state index in [9.17, 15) is 4.79 Å². The SMILES string of the molecule is CCC(=O)N1CCC(NC(=NC)NCCc2ccc(OC3CCCC3)cc2)C1.I. The summed E-state index contributed by atoms with van der Waals surface area (Å²) in [5, 5.41) is 6.82. The van der Waals surface area contributed by atoms with Gasteiger partial charge in [0.15, 0.2) is 5.96 Å². The second-order valence-corrected chi connectivity index (χ2v) is 7.74. The molecule has 1 atom stereocenters. The zero-order valence-electron chi connectivity index (χ0n) is 17.7. The lowest BCUT2D eigenvalue weighted by Crippen LogP contribution is -2.45. The number of aliphatic imine (C=N–C) groups is 1. The van der Waals surface area contributed by atoms with Crippen molar-refractivity contribution in [3.8, 4) is 5.75 Å². The number of hydrogen-bond donors (Lipinski definition) is 2. The summed E-state index contributed by atoms with van der Waals surface area (Å²) in [6.07, 6.45) is 7.82. The predicted molar refractivity (Wildman–Crippen MR) is 128 cm³/mol. The molecule has 1 saturated carbocycles. The van der Waals surface area contributed by atoms with E-state index in [0.717, 1.165) is 44.2 Å². The van der Waals surface area contributed by atoms with E-state index in [1.807, 2.05) is 11.8 Å². The Hall–Kier alpha value is -1.51. The summed E-state index contributed by atoms with van der Waals surface area (Å²) in [6.45, 7) is 4.32. The topological polar surface area (TPSA) is 66.0 Å². The Balaban J connectivity index is 0.00000300. The molecule has 1 saturated heterocycles. The summed E-state index contributed by atoms with van der Waals surface area (Å²) in [5.41, 5.74) is 1.28. The van der Waals surface area contributed by atoms with Gasteiger partial charge in [-0.05, 0) is 56.2 Å². The molecule has 1 aliphatic heterocycles. The number of halogens is 1. The Labute approximate surface area is 191 Å². The average Bonchev–Trinajstić information content (AvgIpc) is 3.40. The lowest BCUT2D eigenvalue weighted by molar-refractivity contribution is -0.129. The molecule has 0 radical (unpaired) electrons. The van der Waals surface area contributed by atoms with Gasteiger partial charge in [0, 0.05) is 39.1 Å². The molecule has 0 spiro atoms. The third-order valence-electron chi connectivity index (χ3n) is 5.64. The fourth-order valence-electron chi connectivity index (χ4n) is 3.97. The fraction of sp³-hybridized carbons (Fsp3) is 0.636. The van der Waals surface area contributed by atoms with E-state index in [0.29, 0.717) is 12.5 Å². The molecule has 1 heterocycles.